The molecule has 15 heavy (non-hydrogen) atoms. The van der Waals surface area contributed by atoms with E-state index in [-0.39, 0.29) is 6.42 Å². The minimum absolute atomic E-state index is 0.0968. The van der Waals surface area contributed by atoms with Gasteiger partial charge in [0.05, 0.1) is 0 Å². The van der Waals surface area contributed by atoms with Gasteiger partial charge in [0.2, 0.25) is 0 Å². The molecule has 0 aliphatic rings. The van der Waals surface area contributed by atoms with E-state index in [2.05, 4.69) is 6.58 Å². The molecule has 0 unspecified atom stereocenters. The van der Waals surface area contributed by atoms with E-state index >= 15 is 0 Å². The average Bonchev–Trinajstić information content (AvgIpc) is 2.13. The molecule has 0 aromatic carbocycles. The van der Waals surface area contributed by atoms with Crippen LogP contribution in [0.15, 0.2) is 11.8 Å². The van der Waals surface area contributed by atoms with Gasteiger partial charge in [-0.15, -0.1) is 0 Å². The average molecular weight is 242 g/mol. The first-order chi connectivity index (χ1) is 6.90. The molecule has 0 aromatic rings. The lowest BCUT2D eigenvalue weighted by molar-refractivity contribution is -0.133. The van der Waals surface area contributed by atoms with Gasteiger partial charge >= 0.3 is 15.5 Å². The van der Waals surface area contributed by atoms with Crippen LogP contribution in [0.2, 0.25) is 0 Å². The molecule has 6 heteroatoms. The Labute approximate surface area is 89.9 Å². The number of hydrogen-bond acceptors (Lipinski definition) is 2. The van der Waals surface area contributed by atoms with Gasteiger partial charge in [0, 0.05) is 19.6 Å². The molecule has 0 aromatic heterocycles. The van der Waals surface area contributed by atoms with Gasteiger partial charge in [0.15, 0.2) is 0 Å². The lowest BCUT2D eigenvalue weighted by Crippen LogP contribution is -2.26. The van der Waals surface area contributed by atoms with Crippen molar-refractivity contribution >= 4 is 9.28 Å². The number of rotatable bonds is 7. The van der Waals surface area contributed by atoms with Crippen molar-refractivity contribution in [2.45, 2.75) is 32.9 Å². The SMILES string of the molecule is C=C(CCC(F)(F)F)[SiH](OCC)OCC. The second kappa shape index (κ2) is 7.03. The monoisotopic (exact) mass is 242 g/mol. The standard InChI is InChI=1S/C9H17F3O2Si/c1-4-13-15(14-5-2)8(3)6-7-9(10,11)12/h15H,3-7H2,1-2H3. The molecule has 0 aliphatic carbocycles. The van der Waals surface area contributed by atoms with E-state index in [4.69, 9.17) is 8.85 Å². The third kappa shape index (κ3) is 7.58. The highest BCUT2D eigenvalue weighted by Gasteiger charge is 2.28. The highest BCUT2D eigenvalue weighted by molar-refractivity contribution is 6.53. The van der Waals surface area contributed by atoms with Gasteiger partial charge in [-0.2, -0.15) is 13.2 Å². The predicted molar refractivity (Wildman–Crippen MR) is 54.8 cm³/mol. The summed E-state index contributed by atoms with van der Waals surface area (Å²) in [5.74, 6) is 0. The zero-order chi connectivity index (χ0) is 11.9. The second-order valence-electron chi connectivity index (χ2n) is 3.02. The molecule has 0 saturated carbocycles. The molecule has 90 valence electrons. The lowest BCUT2D eigenvalue weighted by Gasteiger charge is -2.17. The summed E-state index contributed by atoms with van der Waals surface area (Å²) in [4.78, 5) is 0. The minimum atomic E-state index is -4.14. The maximum absolute atomic E-state index is 11.9. The molecule has 0 aliphatic heterocycles. The van der Waals surface area contributed by atoms with E-state index in [0.29, 0.717) is 18.4 Å². The van der Waals surface area contributed by atoms with Crippen molar-refractivity contribution in [1.29, 1.82) is 0 Å². The van der Waals surface area contributed by atoms with Crippen LogP contribution in [-0.2, 0) is 8.85 Å². The first-order valence-electron chi connectivity index (χ1n) is 4.88. The fourth-order valence-electron chi connectivity index (χ4n) is 1.01. The van der Waals surface area contributed by atoms with Crippen LogP contribution in [-0.4, -0.2) is 28.7 Å². The second-order valence-corrected chi connectivity index (χ2v) is 5.16. The summed E-state index contributed by atoms with van der Waals surface area (Å²) in [6, 6.07) is 0. The molecule has 0 saturated heterocycles. The van der Waals surface area contributed by atoms with E-state index in [1.165, 1.54) is 0 Å². The Morgan fingerprint density at radius 1 is 1.20 bits per heavy atom. The van der Waals surface area contributed by atoms with Crippen molar-refractivity contribution in [2.24, 2.45) is 0 Å². The Hall–Kier alpha value is -0.333. The molecule has 0 amide bonds. The smallest absolute Gasteiger partial charge is 0.389 e. The third-order valence-electron chi connectivity index (χ3n) is 1.70. The van der Waals surface area contributed by atoms with Gasteiger partial charge in [0.25, 0.3) is 0 Å². The van der Waals surface area contributed by atoms with Gasteiger partial charge in [-0.25, -0.2) is 0 Å². The Kier molecular flexibility index (Phi) is 6.87. The number of halogens is 3. The summed E-state index contributed by atoms with van der Waals surface area (Å²) in [7, 11) is -2.11. The van der Waals surface area contributed by atoms with Gasteiger partial charge in [-0.05, 0) is 25.5 Å². The Balaban J connectivity index is 4.02. The van der Waals surface area contributed by atoms with Gasteiger partial charge < -0.3 is 8.85 Å². The lowest BCUT2D eigenvalue weighted by atomic mass is 10.3. The Morgan fingerprint density at radius 3 is 2.00 bits per heavy atom. The molecule has 0 radical (unpaired) electrons. The third-order valence-corrected chi connectivity index (χ3v) is 3.93. The highest BCUT2D eigenvalue weighted by Crippen LogP contribution is 2.24. The Bertz CT molecular complexity index is 188. The van der Waals surface area contributed by atoms with Crippen LogP contribution in [0.4, 0.5) is 13.2 Å². The number of alkyl halides is 3. The molecule has 0 atom stereocenters. The normalized spacial score (nSPS) is 12.1. The number of hydrogen-bond donors (Lipinski definition) is 0. The molecule has 0 spiro atoms. The molecule has 2 nitrogen and oxygen atoms in total. The summed E-state index contributed by atoms with van der Waals surface area (Å²) < 4.78 is 46.3. The molecular weight excluding hydrogens is 225 g/mol. The van der Waals surface area contributed by atoms with E-state index in [9.17, 15) is 13.2 Å². The van der Waals surface area contributed by atoms with Crippen molar-refractivity contribution in [1.82, 2.24) is 0 Å². The molecule has 0 heterocycles. The zero-order valence-electron chi connectivity index (χ0n) is 9.06. The summed E-state index contributed by atoms with van der Waals surface area (Å²) >= 11 is 0. The maximum atomic E-state index is 11.9. The van der Waals surface area contributed by atoms with Crippen LogP contribution in [0, 0.1) is 0 Å². The summed E-state index contributed by atoms with van der Waals surface area (Å²) in [6.07, 6.45) is -5.09. The van der Waals surface area contributed by atoms with Crippen LogP contribution < -0.4 is 0 Å². The van der Waals surface area contributed by atoms with Crippen LogP contribution in [0.25, 0.3) is 0 Å². The van der Waals surface area contributed by atoms with Crippen LogP contribution in [0.1, 0.15) is 26.7 Å². The molecule has 0 fully saturated rings. The summed E-state index contributed by atoms with van der Waals surface area (Å²) in [6.45, 7) is 8.08. The largest absolute Gasteiger partial charge is 0.394 e. The van der Waals surface area contributed by atoms with Gasteiger partial charge in [-0.3, -0.25) is 0 Å². The first-order valence-corrected chi connectivity index (χ1v) is 6.40. The van der Waals surface area contributed by atoms with Crippen molar-refractivity contribution in [3.05, 3.63) is 11.8 Å². The van der Waals surface area contributed by atoms with E-state index in [0.717, 1.165) is 0 Å². The summed E-state index contributed by atoms with van der Waals surface area (Å²) in [5, 5.41) is 0.469. The minimum Gasteiger partial charge on any atom is -0.394 e. The van der Waals surface area contributed by atoms with E-state index in [1.807, 2.05) is 0 Å². The van der Waals surface area contributed by atoms with Crippen molar-refractivity contribution in [3.8, 4) is 0 Å². The van der Waals surface area contributed by atoms with Crippen LogP contribution in [0.5, 0.6) is 0 Å². The van der Waals surface area contributed by atoms with Gasteiger partial charge in [-0.1, -0.05) is 6.58 Å². The molecular formula is C9H17F3O2Si. The molecule has 0 bridgehead atoms. The zero-order valence-corrected chi connectivity index (χ0v) is 10.2. The quantitative estimate of drug-likeness (QED) is 0.639. The Morgan fingerprint density at radius 2 is 1.67 bits per heavy atom. The fourth-order valence-corrected chi connectivity index (χ4v) is 2.56. The topological polar surface area (TPSA) is 18.5 Å². The fraction of sp³-hybridized carbons (Fsp3) is 0.778. The van der Waals surface area contributed by atoms with E-state index in [1.54, 1.807) is 13.8 Å². The van der Waals surface area contributed by atoms with Gasteiger partial charge in [0.1, 0.15) is 0 Å². The number of allylic oxidation sites excluding steroid dienone is 1. The predicted octanol–water partition coefficient (Wildman–Crippen LogP) is 2.72. The highest BCUT2D eigenvalue weighted by atomic mass is 28.3. The molecule has 0 N–H and O–H groups in total. The van der Waals surface area contributed by atoms with Crippen LogP contribution >= 0.6 is 0 Å². The first kappa shape index (κ1) is 14.7. The molecule has 0 rings (SSSR count). The van der Waals surface area contributed by atoms with E-state index < -0.39 is 21.9 Å². The van der Waals surface area contributed by atoms with Crippen LogP contribution in [0.3, 0.4) is 0 Å². The summed E-state index contributed by atoms with van der Waals surface area (Å²) in [5.41, 5.74) is 0. The van der Waals surface area contributed by atoms with Crippen molar-refractivity contribution in [3.63, 3.8) is 0 Å². The maximum Gasteiger partial charge on any atom is 0.389 e. The van der Waals surface area contributed by atoms with Crippen molar-refractivity contribution in [2.75, 3.05) is 13.2 Å². The van der Waals surface area contributed by atoms with Crippen molar-refractivity contribution < 1.29 is 22.0 Å².